The Morgan fingerprint density at radius 2 is 2.38 bits per heavy atom. The summed E-state index contributed by atoms with van der Waals surface area (Å²) in [4.78, 5) is 9.50. The first-order valence-corrected chi connectivity index (χ1v) is 5.68. The maximum absolute atomic E-state index is 8.77. The Hall–Kier alpha value is -1.93. The van der Waals surface area contributed by atoms with Crippen molar-refractivity contribution in [3.63, 3.8) is 0 Å². The molecule has 2 aromatic heterocycles. The standard InChI is InChI=1S/C11H10N4S/c1-8-5-9(6-12)15-11(14-8)13-7-10-3-2-4-16-10/h2-5H,7H2,1H3,(H,13,14,15). The summed E-state index contributed by atoms with van der Waals surface area (Å²) < 4.78 is 0. The van der Waals surface area contributed by atoms with Gasteiger partial charge in [0.25, 0.3) is 0 Å². The molecular weight excluding hydrogens is 220 g/mol. The van der Waals surface area contributed by atoms with Gasteiger partial charge in [-0.25, -0.2) is 9.97 Å². The predicted molar refractivity (Wildman–Crippen MR) is 63.1 cm³/mol. The monoisotopic (exact) mass is 230 g/mol. The van der Waals surface area contributed by atoms with Crippen LogP contribution in [0, 0.1) is 18.3 Å². The highest BCUT2D eigenvalue weighted by molar-refractivity contribution is 7.09. The number of hydrogen-bond acceptors (Lipinski definition) is 5. The van der Waals surface area contributed by atoms with Crippen molar-refractivity contribution in [3.8, 4) is 6.07 Å². The van der Waals surface area contributed by atoms with Crippen molar-refractivity contribution < 1.29 is 0 Å². The fourth-order valence-corrected chi connectivity index (χ4v) is 1.93. The van der Waals surface area contributed by atoms with Gasteiger partial charge in [0.15, 0.2) is 0 Å². The number of thiophene rings is 1. The first-order valence-electron chi connectivity index (χ1n) is 4.80. The van der Waals surface area contributed by atoms with Gasteiger partial charge in [0.2, 0.25) is 5.95 Å². The molecule has 5 heteroatoms. The van der Waals surface area contributed by atoms with Gasteiger partial charge in [0, 0.05) is 10.6 Å². The van der Waals surface area contributed by atoms with Crippen molar-refractivity contribution in [1.29, 1.82) is 5.26 Å². The second-order valence-electron chi connectivity index (χ2n) is 3.26. The van der Waals surface area contributed by atoms with E-state index in [1.807, 2.05) is 30.5 Å². The van der Waals surface area contributed by atoms with Crippen LogP contribution in [0.5, 0.6) is 0 Å². The zero-order chi connectivity index (χ0) is 11.4. The number of nitrogens with one attached hydrogen (secondary N) is 1. The van der Waals surface area contributed by atoms with Gasteiger partial charge < -0.3 is 5.32 Å². The molecule has 2 rings (SSSR count). The lowest BCUT2D eigenvalue weighted by Crippen LogP contribution is -2.04. The second-order valence-corrected chi connectivity index (χ2v) is 4.30. The molecule has 4 nitrogen and oxygen atoms in total. The largest absolute Gasteiger partial charge is 0.349 e. The Morgan fingerprint density at radius 3 is 3.06 bits per heavy atom. The van der Waals surface area contributed by atoms with Crippen LogP contribution in [0.25, 0.3) is 0 Å². The van der Waals surface area contributed by atoms with E-state index in [4.69, 9.17) is 5.26 Å². The SMILES string of the molecule is Cc1cc(C#N)nc(NCc2cccs2)n1. The van der Waals surface area contributed by atoms with Crippen LogP contribution in [0.1, 0.15) is 16.3 Å². The molecule has 0 amide bonds. The molecule has 0 radical (unpaired) electrons. The van der Waals surface area contributed by atoms with E-state index in [0.717, 1.165) is 5.69 Å². The van der Waals surface area contributed by atoms with Crippen molar-refractivity contribution >= 4 is 17.3 Å². The van der Waals surface area contributed by atoms with Crippen LogP contribution < -0.4 is 5.32 Å². The van der Waals surface area contributed by atoms with Gasteiger partial charge in [-0.3, -0.25) is 0 Å². The minimum Gasteiger partial charge on any atom is -0.349 e. The van der Waals surface area contributed by atoms with Gasteiger partial charge in [0.1, 0.15) is 11.8 Å². The Kier molecular flexibility index (Phi) is 3.13. The number of nitrogens with zero attached hydrogens (tertiary/aromatic N) is 3. The van der Waals surface area contributed by atoms with E-state index < -0.39 is 0 Å². The van der Waals surface area contributed by atoms with Gasteiger partial charge in [-0.05, 0) is 24.4 Å². The molecule has 0 spiro atoms. The molecule has 0 aliphatic heterocycles. The number of aromatic nitrogens is 2. The Bertz CT molecular complexity index is 513. The number of rotatable bonds is 3. The molecular formula is C11H10N4S. The third-order valence-corrected chi connectivity index (χ3v) is 2.85. The molecule has 0 unspecified atom stereocenters. The van der Waals surface area contributed by atoms with Crippen LogP contribution in [-0.4, -0.2) is 9.97 Å². The molecule has 0 aliphatic rings. The lowest BCUT2D eigenvalue weighted by molar-refractivity contribution is 1.03. The van der Waals surface area contributed by atoms with Crippen LogP contribution in [0.15, 0.2) is 23.6 Å². The van der Waals surface area contributed by atoms with E-state index in [9.17, 15) is 0 Å². The molecule has 16 heavy (non-hydrogen) atoms. The molecule has 0 fully saturated rings. The van der Waals surface area contributed by atoms with Crippen LogP contribution in [-0.2, 0) is 6.54 Å². The second kappa shape index (κ2) is 4.73. The van der Waals surface area contributed by atoms with Gasteiger partial charge in [-0.2, -0.15) is 5.26 Å². The van der Waals surface area contributed by atoms with E-state index in [2.05, 4.69) is 15.3 Å². The number of hydrogen-bond donors (Lipinski definition) is 1. The summed E-state index contributed by atoms with van der Waals surface area (Å²) in [5, 5.41) is 13.9. The predicted octanol–water partition coefficient (Wildman–Crippen LogP) is 2.33. The smallest absolute Gasteiger partial charge is 0.224 e. The average molecular weight is 230 g/mol. The summed E-state index contributed by atoms with van der Waals surface area (Å²) in [5.41, 5.74) is 1.18. The first-order chi connectivity index (χ1) is 7.78. The van der Waals surface area contributed by atoms with Gasteiger partial charge in [0.05, 0.1) is 6.54 Å². The van der Waals surface area contributed by atoms with Crippen LogP contribution in [0.4, 0.5) is 5.95 Å². The highest BCUT2D eigenvalue weighted by Crippen LogP contribution is 2.11. The molecule has 1 N–H and O–H groups in total. The molecule has 0 bridgehead atoms. The minimum absolute atomic E-state index is 0.390. The summed E-state index contributed by atoms with van der Waals surface area (Å²) in [7, 11) is 0. The summed E-state index contributed by atoms with van der Waals surface area (Å²) in [6.07, 6.45) is 0. The zero-order valence-electron chi connectivity index (χ0n) is 8.77. The van der Waals surface area contributed by atoms with Gasteiger partial charge in [-0.1, -0.05) is 6.07 Å². The quantitative estimate of drug-likeness (QED) is 0.879. The third-order valence-electron chi connectivity index (χ3n) is 1.97. The fourth-order valence-electron chi connectivity index (χ4n) is 1.28. The average Bonchev–Trinajstić information content (AvgIpc) is 2.78. The lowest BCUT2D eigenvalue weighted by Gasteiger charge is -2.03. The summed E-state index contributed by atoms with van der Waals surface area (Å²) in [6, 6.07) is 7.72. The third kappa shape index (κ3) is 2.55. The number of anilines is 1. The molecule has 2 heterocycles. The van der Waals surface area contributed by atoms with Crippen molar-refractivity contribution in [2.45, 2.75) is 13.5 Å². The summed E-state index contributed by atoms with van der Waals surface area (Å²) in [5.74, 6) is 0.505. The van der Waals surface area contributed by atoms with Crippen molar-refractivity contribution in [2.24, 2.45) is 0 Å². The molecule has 0 aliphatic carbocycles. The summed E-state index contributed by atoms with van der Waals surface area (Å²) >= 11 is 1.67. The molecule has 80 valence electrons. The maximum atomic E-state index is 8.77. The summed E-state index contributed by atoms with van der Waals surface area (Å²) in [6.45, 7) is 2.53. The molecule has 0 saturated carbocycles. The maximum Gasteiger partial charge on any atom is 0.224 e. The van der Waals surface area contributed by atoms with Crippen LogP contribution in [0.3, 0.4) is 0 Å². The van der Waals surface area contributed by atoms with E-state index in [1.54, 1.807) is 17.4 Å². The Morgan fingerprint density at radius 1 is 1.50 bits per heavy atom. The molecule has 0 aromatic carbocycles. The fraction of sp³-hybridized carbons (Fsp3) is 0.182. The topological polar surface area (TPSA) is 61.6 Å². The Balaban J connectivity index is 2.10. The van der Waals surface area contributed by atoms with Crippen molar-refractivity contribution in [2.75, 3.05) is 5.32 Å². The number of aryl methyl sites for hydroxylation is 1. The van der Waals surface area contributed by atoms with E-state index >= 15 is 0 Å². The van der Waals surface area contributed by atoms with E-state index in [-0.39, 0.29) is 0 Å². The lowest BCUT2D eigenvalue weighted by atomic mass is 10.3. The highest BCUT2D eigenvalue weighted by atomic mass is 32.1. The van der Waals surface area contributed by atoms with Crippen LogP contribution >= 0.6 is 11.3 Å². The van der Waals surface area contributed by atoms with Crippen molar-refractivity contribution in [1.82, 2.24) is 9.97 Å². The molecule has 0 saturated heterocycles. The number of nitriles is 1. The van der Waals surface area contributed by atoms with E-state index in [0.29, 0.717) is 18.2 Å². The Labute approximate surface area is 97.6 Å². The highest BCUT2D eigenvalue weighted by Gasteiger charge is 2.01. The van der Waals surface area contributed by atoms with Crippen molar-refractivity contribution in [3.05, 3.63) is 39.8 Å². The van der Waals surface area contributed by atoms with Crippen LogP contribution in [0.2, 0.25) is 0 Å². The molecule has 0 atom stereocenters. The molecule has 2 aromatic rings. The normalized spacial score (nSPS) is 9.75. The van der Waals surface area contributed by atoms with Gasteiger partial charge in [-0.15, -0.1) is 11.3 Å². The van der Waals surface area contributed by atoms with E-state index in [1.165, 1.54) is 4.88 Å². The first kappa shape index (κ1) is 10.6. The van der Waals surface area contributed by atoms with Gasteiger partial charge >= 0.3 is 0 Å². The zero-order valence-corrected chi connectivity index (χ0v) is 9.58. The minimum atomic E-state index is 0.390.